The molecule has 3 aliphatic rings. The Hall–Kier alpha value is -4.91. The number of anilines is 4. The van der Waals surface area contributed by atoms with Gasteiger partial charge in [0, 0.05) is 60.5 Å². The molecule has 42 heavy (non-hydrogen) atoms. The summed E-state index contributed by atoms with van der Waals surface area (Å²) in [6.45, 7) is 2.60. The largest absolute Gasteiger partial charge is 0.382 e. The van der Waals surface area contributed by atoms with Crippen molar-refractivity contribution < 1.29 is 0 Å². The van der Waals surface area contributed by atoms with Gasteiger partial charge in [-0.25, -0.2) is 4.98 Å². The summed E-state index contributed by atoms with van der Waals surface area (Å²) < 4.78 is 1.68. The summed E-state index contributed by atoms with van der Waals surface area (Å²) in [4.78, 5) is 31.4. The van der Waals surface area contributed by atoms with Gasteiger partial charge in [0.25, 0.3) is 5.56 Å². The first-order valence-corrected chi connectivity index (χ1v) is 14.6. The average Bonchev–Trinajstić information content (AvgIpc) is 3.69. The summed E-state index contributed by atoms with van der Waals surface area (Å²) in [6.07, 6.45) is 12.0. The predicted molar refractivity (Wildman–Crippen MR) is 166 cm³/mol. The van der Waals surface area contributed by atoms with E-state index in [0.29, 0.717) is 12.2 Å². The lowest BCUT2D eigenvalue weighted by molar-refractivity contribution is 0.569. The Balaban J connectivity index is 1.43. The molecule has 7 rings (SSSR count). The number of fused-ring (bicyclic) bond motifs is 2. The molecule has 212 valence electrons. The summed E-state index contributed by atoms with van der Waals surface area (Å²) in [7, 11) is 1.82. The van der Waals surface area contributed by atoms with Crippen LogP contribution in [0.1, 0.15) is 60.4 Å². The zero-order valence-electron chi connectivity index (χ0n) is 23.7. The second-order valence-corrected chi connectivity index (χ2v) is 11.4. The lowest BCUT2D eigenvalue weighted by Crippen LogP contribution is -2.33. The third-order valence-electron chi connectivity index (χ3n) is 8.85. The van der Waals surface area contributed by atoms with E-state index in [-0.39, 0.29) is 28.9 Å². The van der Waals surface area contributed by atoms with Crippen molar-refractivity contribution in [1.29, 1.82) is 5.26 Å². The molecule has 0 spiro atoms. The van der Waals surface area contributed by atoms with Crippen molar-refractivity contribution in [3.8, 4) is 17.2 Å². The molecule has 10 heteroatoms. The van der Waals surface area contributed by atoms with Crippen LogP contribution in [0.25, 0.3) is 28.1 Å². The van der Waals surface area contributed by atoms with Crippen LogP contribution in [0.5, 0.6) is 0 Å². The molecule has 3 aromatic heterocycles. The second-order valence-electron chi connectivity index (χ2n) is 11.4. The number of aryl methyl sites for hydroxylation is 1. The quantitative estimate of drug-likeness (QED) is 0.373. The van der Waals surface area contributed by atoms with Gasteiger partial charge in [-0.15, -0.1) is 0 Å². The van der Waals surface area contributed by atoms with Gasteiger partial charge in [0.15, 0.2) is 5.82 Å². The van der Waals surface area contributed by atoms with E-state index in [2.05, 4.69) is 62.3 Å². The molecule has 0 bridgehead atoms. The van der Waals surface area contributed by atoms with E-state index in [4.69, 9.17) is 16.5 Å². The standard InChI is InChI=1S/C32H33N9O/c1-39-18-25(20-9-6-11-22(20)31(39)42)21-10-5-8-19-16-23(29(36-27(19)21)40-13-3-2-4-14-40)26-12-7-15-41(26)30-24(17-33)28(34)37-32(35)38-30/h5-6,8-10,16,18,26H,2-4,7,11-15H2,1H3,(H4,34,35,37,38). The zero-order chi connectivity index (χ0) is 29.0. The fourth-order valence-corrected chi connectivity index (χ4v) is 6.88. The lowest BCUT2D eigenvalue weighted by Gasteiger charge is -2.34. The minimum absolute atomic E-state index is 0.0481. The van der Waals surface area contributed by atoms with Crippen LogP contribution < -0.4 is 26.8 Å². The van der Waals surface area contributed by atoms with Crippen LogP contribution in [-0.2, 0) is 13.5 Å². The minimum Gasteiger partial charge on any atom is -0.382 e. The first-order valence-electron chi connectivity index (χ1n) is 14.6. The van der Waals surface area contributed by atoms with Gasteiger partial charge in [-0.3, -0.25) is 4.79 Å². The van der Waals surface area contributed by atoms with Crippen molar-refractivity contribution in [2.24, 2.45) is 7.05 Å². The van der Waals surface area contributed by atoms with Crippen LogP contribution >= 0.6 is 0 Å². The van der Waals surface area contributed by atoms with Crippen LogP contribution in [0.3, 0.4) is 0 Å². The maximum absolute atomic E-state index is 12.8. The lowest BCUT2D eigenvalue weighted by atomic mass is 9.95. The molecule has 0 amide bonds. The third-order valence-corrected chi connectivity index (χ3v) is 8.85. The van der Waals surface area contributed by atoms with Crippen LogP contribution in [-0.4, -0.2) is 39.2 Å². The molecule has 1 aliphatic carbocycles. The Morgan fingerprint density at radius 1 is 1.00 bits per heavy atom. The van der Waals surface area contributed by atoms with E-state index in [0.717, 1.165) is 89.9 Å². The highest BCUT2D eigenvalue weighted by Crippen LogP contribution is 2.43. The minimum atomic E-state index is -0.0481. The maximum atomic E-state index is 12.8. The smallest absolute Gasteiger partial charge is 0.254 e. The van der Waals surface area contributed by atoms with Gasteiger partial charge in [-0.05, 0) is 50.2 Å². The van der Waals surface area contributed by atoms with Gasteiger partial charge in [-0.1, -0.05) is 30.4 Å². The topological polar surface area (TPSA) is 143 Å². The molecule has 4 N–H and O–H groups in total. The summed E-state index contributed by atoms with van der Waals surface area (Å²) in [6, 6.07) is 10.7. The Bertz CT molecular complexity index is 1860. The van der Waals surface area contributed by atoms with E-state index in [1.54, 1.807) is 4.57 Å². The fourth-order valence-electron chi connectivity index (χ4n) is 6.88. The van der Waals surface area contributed by atoms with Crippen molar-refractivity contribution in [2.75, 3.05) is 40.9 Å². The maximum Gasteiger partial charge on any atom is 0.254 e. The van der Waals surface area contributed by atoms with Gasteiger partial charge < -0.3 is 25.8 Å². The number of allylic oxidation sites excluding steroid dienone is 1. The first-order chi connectivity index (χ1) is 20.4. The highest BCUT2D eigenvalue weighted by molar-refractivity contribution is 5.97. The molecule has 5 heterocycles. The molecule has 1 unspecified atom stereocenters. The molecular formula is C32H33N9O. The van der Waals surface area contributed by atoms with Crippen LogP contribution in [0.2, 0.25) is 0 Å². The summed E-state index contributed by atoms with van der Waals surface area (Å²) in [5, 5.41) is 11.0. The van der Waals surface area contributed by atoms with E-state index >= 15 is 0 Å². The molecular weight excluding hydrogens is 526 g/mol. The molecule has 1 aromatic carbocycles. The van der Waals surface area contributed by atoms with Crippen molar-refractivity contribution in [3.05, 3.63) is 69.1 Å². The highest BCUT2D eigenvalue weighted by atomic mass is 16.1. The number of benzene rings is 1. The van der Waals surface area contributed by atoms with E-state index in [9.17, 15) is 10.1 Å². The Morgan fingerprint density at radius 3 is 2.64 bits per heavy atom. The number of nitrogens with two attached hydrogens (primary N) is 2. The van der Waals surface area contributed by atoms with Gasteiger partial charge in [0.05, 0.1) is 11.6 Å². The summed E-state index contributed by atoms with van der Waals surface area (Å²) in [5.41, 5.74) is 18.3. The molecule has 4 aromatic rings. The highest BCUT2D eigenvalue weighted by Gasteiger charge is 2.34. The van der Waals surface area contributed by atoms with Gasteiger partial charge in [0.2, 0.25) is 5.95 Å². The Labute approximate surface area is 243 Å². The van der Waals surface area contributed by atoms with Gasteiger partial charge >= 0.3 is 0 Å². The fraction of sp³-hybridized carbons (Fsp3) is 0.344. The average molecular weight is 560 g/mol. The Kier molecular flexibility index (Phi) is 6.30. The van der Waals surface area contributed by atoms with Crippen LogP contribution in [0.4, 0.5) is 23.4 Å². The van der Waals surface area contributed by atoms with Crippen molar-refractivity contribution in [2.45, 2.75) is 44.6 Å². The number of piperidine rings is 1. The number of nitrogen functional groups attached to an aromatic ring is 2. The SMILES string of the molecule is Cn1cc(-c2cccc3cc(C4CCCN4c4nc(N)nc(N)c4C#N)c(N4CCCCC4)nc23)c2c(c1=O)CC=C2. The third kappa shape index (κ3) is 4.15. The van der Waals surface area contributed by atoms with E-state index in [1.807, 2.05) is 13.2 Å². The molecule has 2 saturated heterocycles. The molecule has 2 aliphatic heterocycles. The summed E-state index contributed by atoms with van der Waals surface area (Å²) in [5.74, 6) is 1.61. The van der Waals surface area contributed by atoms with Crippen LogP contribution in [0, 0.1) is 11.3 Å². The van der Waals surface area contributed by atoms with Gasteiger partial charge in [0.1, 0.15) is 23.3 Å². The number of aromatic nitrogens is 4. The molecule has 2 fully saturated rings. The Morgan fingerprint density at radius 2 is 1.83 bits per heavy atom. The van der Waals surface area contributed by atoms with E-state index in [1.165, 1.54) is 6.42 Å². The normalized spacial score (nSPS) is 18.0. The predicted octanol–water partition coefficient (Wildman–Crippen LogP) is 4.33. The first kappa shape index (κ1) is 26.0. The number of hydrogen-bond donors (Lipinski definition) is 2. The zero-order valence-corrected chi connectivity index (χ0v) is 23.7. The van der Waals surface area contributed by atoms with Crippen molar-refractivity contribution in [3.63, 3.8) is 0 Å². The molecule has 10 nitrogen and oxygen atoms in total. The number of pyridine rings is 2. The number of para-hydroxylation sites is 1. The molecule has 0 saturated carbocycles. The number of rotatable bonds is 4. The number of nitriles is 1. The monoisotopic (exact) mass is 559 g/mol. The van der Waals surface area contributed by atoms with Crippen molar-refractivity contribution >= 4 is 40.4 Å². The van der Waals surface area contributed by atoms with Crippen molar-refractivity contribution in [1.82, 2.24) is 19.5 Å². The van der Waals surface area contributed by atoms with Crippen LogP contribution in [0.15, 0.2) is 41.3 Å². The number of hydrogen-bond acceptors (Lipinski definition) is 9. The molecule has 0 radical (unpaired) electrons. The van der Waals surface area contributed by atoms with Gasteiger partial charge in [-0.2, -0.15) is 15.2 Å². The summed E-state index contributed by atoms with van der Waals surface area (Å²) >= 11 is 0. The molecule has 1 atom stereocenters. The van der Waals surface area contributed by atoms with E-state index < -0.39 is 0 Å². The second kappa shape index (κ2) is 10.2. The number of nitrogens with zero attached hydrogens (tertiary/aromatic N) is 7.